The quantitative estimate of drug-likeness (QED) is 0.362. The molecule has 36 heavy (non-hydrogen) atoms. The Kier molecular flexibility index (Phi) is 8.41. The predicted octanol–water partition coefficient (Wildman–Crippen LogP) is 5.89. The molecular weight excluding hydrogens is 475 g/mol. The molecule has 0 saturated carbocycles. The highest BCUT2D eigenvalue weighted by Gasteiger charge is 2.34. The van der Waals surface area contributed by atoms with E-state index in [1.54, 1.807) is 28.4 Å². The van der Waals surface area contributed by atoms with Gasteiger partial charge in [0, 0.05) is 23.5 Å². The molecule has 0 unspecified atom stereocenters. The third-order valence-corrected chi connectivity index (χ3v) is 7.77. The second-order valence-electron chi connectivity index (χ2n) is 9.48. The first kappa shape index (κ1) is 25.9. The van der Waals surface area contributed by atoms with Crippen molar-refractivity contribution in [1.82, 2.24) is 9.80 Å². The van der Waals surface area contributed by atoms with E-state index in [1.807, 2.05) is 47.5 Å². The fourth-order valence-corrected chi connectivity index (χ4v) is 5.37. The van der Waals surface area contributed by atoms with Crippen molar-refractivity contribution < 1.29 is 18.7 Å². The molecule has 1 aliphatic rings. The van der Waals surface area contributed by atoms with Gasteiger partial charge in [0.1, 0.15) is 24.7 Å². The molecule has 1 aromatic heterocycles. The van der Waals surface area contributed by atoms with Crippen LogP contribution in [-0.2, 0) is 11.2 Å². The first-order valence-corrected chi connectivity index (χ1v) is 13.3. The van der Waals surface area contributed by atoms with Gasteiger partial charge in [-0.05, 0) is 72.7 Å². The summed E-state index contributed by atoms with van der Waals surface area (Å²) in [5, 5.41) is 2.04. The number of nitrogens with zero attached hydrogens (tertiary/aromatic N) is 2. The second-order valence-corrected chi connectivity index (χ2v) is 10.5. The summed E-state index contributed by atoms with van der Waals surface area (Å²) >= 11 is 1.69. The molecule has 190 valence electrons. The molecule has 4 rings (SSSR count). The normalized spacial score (nSPS) is 15.8. The van der Waals surface area contributed by atoms with Gasteiger partial charge in [-0.1, -0.05) is 38.0 Å². The molecule has 1 aliphatic heterocycles. The van der Waals surface area contributed by atoms with Gasteiger partial charge in [-0.2, -0.15) is 0 Å². The maximum Gasteiger partial charge on any atom is 0.254 e. The van der Waals surface area contributed by atoms with Gasteiger partial charge in [-0.3, -0.25) is 9.59 Å². The molecule has 0 spiro atoms. The summed E-state index contributed by atoms with van der Waals surface area (Å²) < 4.78 is 19.3. The van der Waals surface area contributed by atoms with E-state index in [0.29, 0.717) is 24.4 Å². The zero-order chi connectivity index (χ0) is 25.7. The molecule has 5 nitrogen and oxygen atoms in total. The molecule has 0 N–H and O–H groups in total. The van der Waals surface area contributed by atoms with E-state index >= 15 is 0 Å². The van der Waals surface area contributed by atoms with Crippen LogP contribution in [0.15, 0.2) is 60.0 Å². The Labute approximate surface area is 216 Å². The summed E-state index contributed by atoms with van der Waals surface area (Å²) in [6.45, 7) is 7.53. The Balaban J connectivity index is 1.53. The second kappa shape index (κ2) is 11.7. The van der Waals surface area contributed by atoms with Crippen molar-refractivity contribution in [1.29, 1.82) is 0 Å². The Bertz CT molecular complexity index is 1180. The minimum absolute atomic E-state index is 0.0174. The Hall–Kier alpha value is -3.19. The molecule has 2 amide bonds. The van der Waals surface area contributed by atoms with Crippen LogP contribution in [0.4, 0.5) is 4.39 Å². The van der Waals surface area contributed by atoms with E-state index in [4.69, 9.17) is 4.74 Å². The average molecular weight is 509 g/mol. The maximum atomic E-state index is 13.7. The minimum atomic E-state index is -0.323. The standard InChI is InChI=1S/C29H33FN2O3S/c1-4-20(2)17-31(29(34)22-7-5-21(3)6-8-22)18-28(33)32-15-13-27-25(14-16-36-27)26(32)19-35-24-11-9-23(30)10-12-24/h5-12,14,16,20,26H,4,13,15,17-19H2,1-3H3/t20-,26-/m1/s1. The van der Waals surface area contributed by atoms with Gasteiger partial charge in [0.05, 0.1) is 6.04 Å². The number of aryl methyl sites for hydroxylation is 1. The van der Waals surface area contributed by atoms with Crippen LogP contribution in [0.5, 0.6) is 5.75 Å². The van der Waals surface area contributed by atoms with E-state index in [-0.39, 0.29) is 42.7 Å². The fraction of sp³-hybridized carbons (Fsp3) is 0.379. The topological polar surface area (TPSA) is 49.9 Å². The highest BCUT2D eigenvalue weighted by molar-refractivity contribution is 7.10. The first-order chi connectivity index (χ1) is 17.4. The average Bonchev–Trinajstić information content (AvgIpc) is 3.37. The van der Waals surface area contributed by atoms with Crippen LogP contribution in [0.2, 0.25) is 0 Å². The Morgan fingerprint density at radius 1 is 1.14 bits per heavy atom. The minimum Gasteiger partial charge on any atom is -0.491 e. The molecule has 2 heterocycles. The largest absolute Gasteiger partial charge is 0.491 e. The zero-order valence-corrected chi connectivity index (χ0v) is 21.9. The number of halogens is 1. The van der Waals surface area contributed by atoms with Crippen LogP contribution in [0.3, 0.4) is 0 Å². The lowest BCUT2D eigenvalue weighted by atomic mass is 10.00. The highest BCUT2D eigenvalue weighted by Crippen LogP contribution is 2.34. The number of carbonyl (C=O) groups is 2. The van der Waals surface area contributed by atoms with E-state index < -0.39 is 0 Å². The molecule has 3 aromatic rings. The summed E-state index contributed by atoms with van der Waals surface area (Å²) in [7, 11) is 0. The molecule has 0 radical (unpaired) electrons. The number of benzene rings is 2. The summed E-state index contributed by atoms with van der Waals surface area (Å²) in [4.78, 5) is 31.9. The number of ether oxygens (including phenoxy) is 1. The molecule has 0 aliphatic carbocycles. The summed E-state index contributed by atoms with van der Waals surface area (Å²) in [6.07, 6.45) is 1.70. The van der Waals surface area contributed by atoms with Crippen LogP contribution in [-0.4, -0.2) is 47.9 Å². The SMILES string of the molecule is CC[C@@H](C)CN(CC(=O)N1CCc2sccc2[C@H]1COc1ccc(F)cc1)C(=O)c1ccc(C)cc1. The van der Waals surface area contributed by atoms with Crippen molar-refractivity contribution in [3.8, 4) is 5.75 Å². The molecule has 0 saturated heterocycles. The van der Waals surface area contributed by atoms with Gasteiger partial charge < -0.3 is 14.5 Å². The highest BCUT2D eigenvalue weighted by atomic mass is 32.1. The fourth-order valence-electron chi connectivity index (χ4n) is 4.44. The van der Waals surface area contributed by atoms with E-state index in [9.17, 15) is 14.0 Å². The van der Waals surface area contributed by atoms with Crippen LogP contribution < -0.4 is 4.74 Å². The third kappa shape index (κ3) is 6.13. The number of rotatable bonds is 9. The van der Waals surface area contributed by atoms with Gasteiger partial charge in [0.15, 0.2) is 0 Å². The lowest BCUT2D eigenvalue weighted by Crippen LogP contribution is -2.48. The lowest BCUT2D eigenvalue weighted by Gasteiger charge is -2.37. The Morgan fingerprint density at radius 2 is 1.86 bits per heavy atom. The summed E-state index contributed by atoms with van der Waals surface area (Å²) in [5.41, 5.74) is 2.76. The third-order valence-electron chi connectivity index (χ3n) is 6.78. The molecule has 2 atom stereocenters. The number of thiophene rings is 1. The van der Waals surface area contributed by atoms with Crippen molar-refractivity contribution >= 4 is 23.2 Å². The molecule has 0 bridgehead atoms. The molecule has 2 aromatic carbocycles. The summed E-state index contributed by atoms with van der Waals surface area (Å²) in [6, 6.07) is 15.2. The van der Waals surface area contributed by atoms with Crippen molar-refractivity contribution in [2.24, 2.45) is 5.92 Å². The molecule has 7 heteroatoms. The van der Waals surface area contributed by atoms with Gasteiger partial charge in [0.25, 0.3) is 5.91 Å². The molecular formula is C29H33FN2O3S. The number of carbonyl (C=O) groups excluding carboxylic acids is 2. The number of hydrogen-bond donors (Lipinski definition) is 0. The van der Waals surface area contributed by atoms with Crippen LogP contribution >= 0.6 is 11.3 Å². The van der Waals surface area contributed by atoms with Gasteiger partial charge in [-0.15, -0.1) is 11.3 Å². The van der Waals surface area contributed by atoms with Crippen molar-refractivity contribution in [3.63, 3.8) is 0 Å². The predicted molar refractivity (Wildman–Crippen MR) is 141 cm³/mol. The van der Waals surface area contributed by atoms with Gasteiger partial charge in [-0.25, -0.2) is 4.39 Å². The van der Waals surface area contributed by atoms with E-state index in [2.05, 4.69) is 13.8 Å². The Morgan fingerprint density at radius 3 is 2.56 bits per heavy atom. The smallest absolute Gasteiger partial charge is 0.254 e. The monoisotopic (exact) mass is 508 g/mol. The van der Waals surface area contributed by atoms with Crippen LogP contribution in [0.25, 0.3) is 0 Å². The summed E-state index contributed by atoms with van der Waals surface area (Å²) in [5.74, 6) is 0.282. The maximum absolute atomic E-state index is 13.7. The lowest BCUT2D eigenvalue weighted by molar-refractivity contribution is -0.135. The number of amides is 2. The van der Waals surface area contributed by atoms with Crippen LogP contribution in [0.1, 0.15) is 52.7 Å². The van der Waals surface area contributed by atoms with E-state index in [1.165, 1.54) is 17.0 Å². The van der Waals surface area contributed by atoms with E-state index in [0.717, 1.165) is 24.0 Å². The number of fused-ring (bicyclic) bond motifs is 1. The zero-order valence-electron chi connectivity index (χ0n) is 21.1. The van der Waals surface area contributed by atoms with Gasteiger partial charge >= 0.3 is 0 Å². The van der Waals surface area contributed by atoms with Crippen molar-refractivity contribution in [2.75, 3.05) is 26.2 Å². The van der Waals surface area contributed by atoms with Crippen molar-refractivity contribution in [3.05, 3.63) is 87.4 Å². The number of hydrogen-bond acceptors (Lipinski definition) is 4. The first-order valence-electron chi connectivity index (χ1n) is 12.5. The van der Waals surface area contributed by atoms with Crippen LogP contribution in [0, 0.1) is 18.7 Å². The van der Waals surface area contributed by atoms with Crippen molar-refractivity contribution in [2.45, 2.75) is 39.7 Å². The molecule has 0 fully saturated rings. The van der Waals surface area contributed by atoms with Gasteiger partial charge in [0.2, 0.25) is 5.91 Å².